The Hall–Kier alpha value is -1.51. The first kappa shape index (κ1) is 9.70. The summed E-state index contributed by atoms with van der Waals surface area (Å²) in [5, 5.41) is 0. The van der Waals surface area contributed by atoms with Crippen molar-refractivity contribution in [1.29, 1.82) is 0 Å². The molecule has 84 valence electrons. The van der Waals surface area contributed by atoms with Crippen molar-refractivity contribution in [2.24, 2.45) is 5.92 Å². The van der Waals surface area contributed by atoms with Gasteiger partial charge in [0.2, 0.25) is 0 Å². The molecule has 0 bridgehead atoms. The number of amides is 1. The summed E-state index contributed by atoms with van der Waals surface area (Å²) >= 11 is 0. The van der Waals surface area contributed by atoms with Gasteiger partial charge in [0.15, 0.2) is 0 Å². The fraction of sp³-hybridized carbons (Fsp3) is 0.462. The van der Waals surface area contributed by atoms with Crippen LogP contribution in [0.15, 0.2) is 24.3 Å². The van der Waals surface area contributed by atoms with Crippen LogP contribution < -0.4 is 5.73 Å². The Kier molecular flexibility index (Phi) is 2.13. The minimum atomic E-state index is 0.173. The van der Waals surface area contributed by atoms with E-state index in [-0.39, 0.29) is 5.91 Å². The molecular formula is C13H16N2O. The molecule has 1 aromatic carbocycles. The largest absolute Gasteiger partial charge is 0.399 e. The average molecular weight is 216 g/mol. The molecule has 2 N–H and O–H groups in total. The lowest BCUT2D eigenvalue weighted by Crippen LogP contribution is -2.37. The van der Waals surface area contributed by atoms with Gasteiger partial charge in [0.1, 0.15) is 0 Å². The van der Waals surface area contributed by atoms with E-state index >= 15 is 0 Å². The van der Waals surface area contributed by atoms with Crippen molar-refractivity contribution in [2.45, 2.75) is 25.3 Å². The molecule has 1 amide bonds. The number of likely N-dealkylation sites (tertiary alicyclic amines) is 1. The monoisotopic (exact) mass is 216 g/mol. The lowest BCUT2D eigenvalue weighted by Gasteiger charge is -2.26. The highest BCUT2D eigenvalue weighted by atomic mass is 16.2. The van der Waals surface area contributed by atoms with Crippen molar-refractivity contribution in [2.75, 3.05) is 12.3 Å². The number of hydrogen-bond acceptors (Lipinski definition) is 2. The molecule has 16 heavy (non-hydrogen) atoms. The summed E-state index contributed by atoms with van der Waals surface area (Å²) < 4.78 is 0. The minimum Gasteiger partial charge on any atom is -0.399 e. The van der Waals surface area contributed by atoms with Gasteiger partial charge in [-0.25, -0.2) is 0 Å². The Bertz CT molecular complexity index is 412. The number of rotatable bonds is 1. The van der Waals surface area contributed by atoms with Crippen LogP contribution in [0.4, 0.5) is 5.69 Å². The third-order valence-electron chi connectivity index (χ3n) is 3.68. The maximum Gasteiger partial charge on any atom is 0.254 e. The number of hydrogen-bond donors (Lipinski definition) is 1. The van der Waals surface area contributed by atoms with Crippen molar-refractivity contribution in [3.8, 4) is 0 Å². The van der Waals surface area contributed by atoms with E-state index in [4.69, 9.17) is 5.73 Å². The summed E-state index contributed by atoms with van der Waals surface area (Å²) in [5.74, 6) is 0.957. The van der Waals surface area contributed by atoms with Crippen molar-refractivity contribution < 1.29 is 4.79 Å². The van der Waals surface area contributed by atoms with Gasteiger partial charge in [-0.15, -0.1) is 0 Å². The molecule has 0 spiro atoms. The summed E-state index contributed by atoms with van der Waals surface area (Å²) in [6.45, 7) is 0.921. The Morgan fingerprint density at radius 3 is 2.81 bits per heavy atom. The molecule has 1 aliphatic carbocycles. The van der Waals surface area contributed by atoms with E-state index < -0.39 is 0 Å². The number of nitrogen functional groups attached to an aromatic ring is 1. The number of nitrogens with zero attached hydrogens (tertiary/aromatic N) is 1. The topological polar surface area (TPSA) is 46.3 Å². The highest BCUT2D eigenvalue weighted by molar-refractivity contribution is 5.95. The van der Waals surface area contributed by atoms with Crippen LogP contribution in [0.2, 0.25) is 0 Å². The second kappa shape index (κ2) is 3.51. The zero-order chi connectivity index (χ0) is 11.1. The predicted octanol–water partition coefficient (Wildman–Crippen LogP) is 1.89. The molecule has 0 aromatic heterocycles. The number of piperidine rings is 1. The predicted molar refractivity (Wildman–Crippen MR) is 63.0 cm³/mol. The highest BCUT2D eigenvalue weighted by Gasteiger charge is 2.45. The minimum absolute atomic E-state index is 0.173. The molecule has 1 saturated carbocycles. The molecule has 1 heterocycles. The summed E-state index contributed by atoms with van der Waals surface area (Å²) in [5.41, 5.74) is 7.09. The van der Waals surface area contributed by atoms with Gasteiger partial charge in [-0.2, -0.15) is 0 Å². The van der Waals surface area contributed by atoms with Gasteiger partial charge in [0, 0.05) is 23.8 Å². The van der Waals surface area contributed by atoms with E-state index in [1.165, 1.54) is 12.8 Å². The lowest BCUT2D eigenvalue weighted by molar-refractivity contribution is 0.0706. The summed E-state index contributed by atoms with van der Waals surface area (Å²) in [6.07, 6.45) is 3.67. The van der Waals surface area contributed by atoms with E-state index in [2.05, 4.69) is 0 Å². The van der Waals surface area contributed by atoms with E-state index in [1.807, 2.05) is 17.0 Å². The molecule has 1 aliphatic heterocycles. The molecule has 3 heteroatoms. The standard InChI is InChI=1S/C13H16N2O/c14-11-5-3-9(4-6-11)13(16)15-7-1-2-10-8-12(10)15/h3-6,10,12H,1-2,7-8,14H2. The molecule has 3 nitrogen and oxygen atoms in total. The molecule has 3 rings (SSSR count). The van der Waals surface area contributed by atoms with Crippen LogP contribution >= 0.6 is 0 Å². The summed E-state index contributed by atoms with van der Waals surface area (Å²) in [4.78, 5) is 14.3. The van der Waals surface area contributed by atoms with E-state index in [1.54, 1.807) is 12.1 Å². The molecule has 2 aliphatic rings. The van der Waals surface area contributed by atoms with Gasteiger partial charge in [0.05, 0.1) is 0 Å². The zero-order valence-corrected chi connectivity index (χ0v) is 9.23. The third-order valence-corrected chi connectivity index (χ3v) is 3.68. The van der Waals surface area contributed by atoms with Gasteiger partial charge >= 0.3 is 0 Å². The molecule has 1 aromatic rings. The van der Waals surface area contributed by atoms with Crippen LogP contribution in [0.1, 0.15) is 29.6 Å². The van der Waals surface area contributed by atoms with Crippen molar-refractivity contribution >= 4 is 11.6 Å². The maximum atomic E-state index is 12.2. The number of anilines is 1. The maximum absolute atomic E-state index is 12.2. The SMILES string of the molecule is Nc1ccc(C(=O)N2CCCC3CC32)cc1. The number of carbonyl (C=O) groups is 1. The molecule has 2 unspecified atom stereocenters. The van der Waals surface area contributed by atoms with Crippen molar-refractivity contribution in [3.63, 3.8) is 0 Å². The van der Waals surface area contributed by atoms with Gasteiger partial charge < -0.3 is 10.6 Å². The van der Waals surface area contributed by atoms with Gasteiger partial charge in [-0.1, -0.05) is 0 Å². The number of fused-ring (bicyclic) bond motifs is 1. The van der Waals surface area contributed by atoms with Crippen LogP contribution in [0.3, 0.4) is 0 Å². The van der Waals surface area contributed by atoms with Crippen LogP contribution in [0.5, 0.6) is 0 Å². The van der Waals surface area contributed by atoms with Crippen LogP contribution in [0, 0.1) is 5.92 Å². The average Bonchev–Trinajstić information content (AvgIpc) is 3.07. The quantitative estimate of drug-likeness (QED) is 0.729. The molecule has 2 fully saturated rings. The first-order chi connectivity index (χ1) is 7.75. The number of nitrogens with two attached hydrogens (primary N) is 1. The molecular weight excluding hydrogens is 200 g/mol. The number of carbonyl (C=O) groups excluding carboxylic acids is 1. The van der Waals surface area contributed by atoms with E-state index in [0.717, 1.165) is 24.4 Å². The molecule has 2 atom stereocenters. The van der Waals surface area contributed by atoms with E-state index in [0.29, 0.717) is 11.7 Å². The molecule has 0 radical (unpaired) electrons. The second-order valence-electron chi connectivity index (χ2n) is 4.83. The second-order valence-corrected chi connectivity index (χ2v) is 4.83. The summed E-state index contributed by atoms with van der Waals surface area (Å²) in [7, 11) is 0. The van der Waals surface area contributed by atoms with E-state index in [9.17, 15) is 4.79 Å². The third kappa shape index (κ3) is 1.56. The Balaban J connectivity index is 1.79. The van der Waals surface area contributed by atoms with Crippen LogP contribution in [0.25, 0.3) is 0 Å². The fourth-order valence-electron chi connectivity index (χ4n) is 2.66. The smallest absolute Gasteiger partial charge is 0.254 e. The van der Waals surface area contributed by atoms with Gasteiger partial charge in [-0.05, 0) is 49.4 Å². The van der Waals surface area contributed by atoms with Gasteiger partial charge in [0.25, 0.3) is 5.91 Å². The van der Waals surface area contributed by atoms with Crippen LogP contribution in [-0.2, 0) is 0 Å². The van der Waals surface area contributed by atoms with Crippen molar-refractivity contribution in [1.82, 2.24) is 4.90 Å². The molecule has 1 saturated heterocycles. The summed E-state index contributed by atoms with van der Waals surface area (Å²) in [6, 6.07) is 7.76. The highest BCUT2D eigenvalue weighted by Crippen LogP contribution is 2.43. The van der Waals surface area contributed by atoms with Crippen molar-refractivity contribution in [3.05, 3.63) is 29.8 Å². The zero-order valence-electron chi connectivity index (χ0n) is 9.23. The normalized spacial score (nSPS) is 27.4. The Morgan fingerprint density at radius 1 is 1.31 bits per heavy atom. The first-order valence-electron chi connectivity index (χ1n) is 5.92. The Labute approximate surface area is 95.2 Å². The lowest BCUT2D eigenvalue weighted by atomic mass is 10.1. The van der Waals surface area contributed by atoms with Gasteiger partial charge in [-0.3, -0.25) is 4.79 Å². The number of benzene rings is 1. The Morgan fingerprint density at radius 2 is 2.06 bits per heavy atom. The fourth-order valence-corrected chi connectivity index (χ4v) is 2.66. The van der Waals surface area contributed by atoms with Crippen LogP contribution in [-0.4, -0.2) is 23.4 Å². The first-order valence-corrected chi connectivity index (χ1v) is 5.92.